The van der Waals surface area contributed by atoms with Crippen LogP contribution in [-0.2, 0) is 13.5 Å². The largest absolute Gasteiger partial charge is 0.311 e. The zero-order valence-corrected chi connectivity index (χ0v) is 10.7. The molecule has 16 heavy (non-hydrogen) atoms. The van der Waals surface area contributed by atoms with Gasteiger partial charge in [-0.25, -0.2) is 0 Å². The summed E-state index contributed by atoms with van der Waals surface area (Å²) in [5, 5.41) is 8.15. The average Bonchev–Trinajstić information content (AvgIpc) is 2.77. The van der Waals surface area contributed by atoms with Crippen LogP contribution in [0.5, 0.6) is 0 Å². The van der Waals surface area contributed by atoms with E-state index in [1.165, 1.54) is 37.9 Å². The predicted octanol–water partition coefficient (Wildman–Crippen LogP) is 2.19. The highest BCUT2D eigenvalue weighted by atomic mass is 15.3. The van der Waals surface area contributed by atoms with E-state index in [0.717, 1.165) is 12.1 Å². The summed E-state index contributed by atoms with van der Waals surface area (Å²) in [7, 11) is 2.05. The van der Waals surface area contributed by atoms with E-state index in [-0.39, 0.29) is 0 Å². The Morgan fingerprint density at radius 1 is 1.56 bits per heavy atom. The van der Waals surface area contributed by atoms with Crippen molar-refractivity contribution in [3.8, 4) is 0 Å². The average molecular weight is 221 g/mol. The quantitative estimate of drug-likeness (QED) is 0.844. The Bertz CT molecular complexity index is 348. The molecule has 3 heteroatoms. The van der Waals surface area contributed by atoms with E-state index >= 15 is 0 Å². The molecule has 1 fully saturated rings. The fraction of sp³-hybridized carbons (Fsp3) is 0.769. The smallest absolute Gasteiger partial charge is 0.0596 e. The minimum Gasteiger partial charge on any atom is -0.311 e. The third-order valence-corrected chi connectivity index (χ3v) is 3.68. The second kappa shape index (κ2) is 4.58. The second-order valence-electron chi connectivity index (χ2n) is 5.14. The van der Waals surface area contributed by atoms with Gasteiger partial charge in [-0.1, -0.05) is 13.3 Å². The normalized spacial score (nSPS) is 25.2. The van der Waals surface area contributed by atoms with Crippen LogP contribution in [0, 0.1) is 6.92 Å². The van der Waals surface area contributed by atoms with Crippen LogP contribution < -0.4 is 5.32 Å². The Labute approximate surface area is 98.2 Å². The Balaban J connectivity index is 2.14. The maximum atomic E-state index is 4.43. The van der Waals surface area contributed by atoms with E-state index in [2.05, 4.69) is 37.4 Å². The molecule has 0 amide bonds. The van der Waals surface area contributed by atoms with Gasteiger partial charge < -0.3 is 5.32 Å². The van der Waals surface area contributed by atoms with E-state index < -0.39 is 0 Å². The zero-order valence-electron chi connectivity index (χ0n) is 10.7. The highest BCUT2D eigenvalue weighted by Crippen LogP contribution is 2.28. The monoisotopic (exact) mass is 221 g/mol. The fourth-order valence-corrected chi connectivity index (χ4v) is 2.98. The lowest BCUT2D eigenvalue weighted by molar-refractivity contribution is 0.334. The standard InChI is InChI=1S/C13H23N3/c1-4-6-13(7-5-8-14-13)10-12-9-11(2)15-16(12)3/h9,14H,4-8,10H2,1-3H3. The molecule has 0 radical (unpaired) electrons. The van der Waals surface area contributed by atoms with Crippen molar-refractivity contribution in [1.82, 2.24) is 15.1 Å². The number of hydrogen-bond acceptors (Lipinski definition) is 2. The summed E-state index contributed by atoms with van der Waals surface area (Å²) in [6, 6.07) is 2.22. The predicted molar refractivity (Wildman–Crippen MR) is 66.5 cm³/mol. The number of rotatable bonds is 4. The van der Waals surface area contributed by atoms with Crippen molar-refractivity contribution in [3.63, 3.8) is 0 Å². The number of aromatic nitrogens is 2. The Morgan fingerprint density at radius 3 is 2.88 bits per heavy atom. The van der Waals surface area contributed by atoms with Crippen LogP contribution in [0.15, 0.2) is 6.07 Å². The highest BCUT2D eigenvalue weighted by Gasteiger charge is 2.33. The van der Waals surface area contributed by atoms with Crippen molar-refractivity contribution in [2.45, 2.75) is 51.5 Å². The maximum absolute atomic E-state index is 4.43. The first kappa shape index (κ1) is 11.6. The first-order valence-corrected chi connectivity index (χ1v) is 6.40. The van der Waals surface area contributed by atoms with Gasteiger partial charge in [0.1, 0.15) is 0 Å². The van der Waals surface area contributed by atoms with Crippen molar-refractivity contribution >= 4 is 0 Å². The van der Waals surface area contributed by atoms with Crippen molar-refractivity contribution in [2.75, 3.05) is 6.54 Å². The van der Waals surface area contributed by atoms with Crippen molar-refractivity contribution in [3.05, 3.63) is 17.5 Å². The lowest BCUT2D eigenvalue weighted by atomic mass is 9.87. The van der Waals surface area contributed by atoms with Gasteiger partial charge in [0, 0.05) is 24.7 Å². The summed E-state index contributed by atoms with van der Waals surface area (Å²) in [4.78, 5) is 0. The summed E-state index contributed by atoms with van der Waals surface area (Å²) in [6.07, 6.45) is 6.28. The molecule has 2 heterocycles. The number of nitrogens with one attached hydrogen (secondary N) is 1. The van der Waals surface area contributed by atoms with Gasteiger partial charge >= 0.3 is 0 Å². The van der Waals surface area contributed by atoms with Gasteiger partial charge in [-0.3, -0.25) is 4.68 Å². The maximum Gasteiger partial charge on any atom is 0.0596 e. The first-order chi connectivity index (χ1) is 7.65. The van der Waals surface area contributed by atoms with E-state index in [9.17, 15) is 0 Å². The molecule has 1 saturated heterocycles. The van der Waals surface area contributed by atoms with Gasteiger partial charge in [0.25, 0.3) is 0 Å². The summed E-state index contributed by atoms with van der Waals surface area (Å²) in [5.41, 5.74) is 2.83. The summed E-state index contributed by atoms with van der Waals surface area (Å²) in [5.74, 6) is 0. The SMILES string of the molecule is CCCC1(Cc2cc(C)nn2C)CCCN1. The van der Waals surface area contributed by atoms with Gasteiger partial charge in [0.05, 0.1) is 5.69 Å². The molecule has 1 aromatic rings. The number of nitrogens with zero attached hydrogens (tertiary/aromatic N) is 2. The molecular formula is C13H23N3. The molecule has 0 bridgehead atoms. The van der Waals surface area contributed by atoms with Crippen LogP contribution in [-0.4, -0.2) is 21.9 Å². The van der Waals surface area contributed by atoms with Gasteiger partial charge in [-0.05, 0) is 38.8 Å². The lowest BCUT2D eigenvalue weighted by Gasteiger charge is -2.29. The van der Waals surface area contributed by atoms with Crippen LogP contribution in [0.1, 0.15) is 44.0 Å². The van der Waals surface area contributed by atoms with Gasteiger partial charge in [0.15, 0.2) is 0 Å². The molecule has 1 aliphatic rings. The van der Waals surface area contributed by atoms with E-state index in [1.807, 2.05) is 4.68 Å². The molecular weight excluding hydrogens is 198 g/mol. The summed E-state index contributed by atoms with van der Waals surface area (Å²) >= 11 is 0. The van der Waals surface area contributed by atoms with Crippen LogP contribution in [0.2, 0.25) is 0 Å². The summed E-state index contributed by atoms with van der Waals surface area (Å²) < 4.78 is 2.03. The van der Waals surface area contributed by atoms with E-state index in [0.29, 0.717) is 5.54 Å². The molecule has 90 valence electrons. The fourth-order valence-electron chi connectivity index (χ4n) is 2.98. The Hall–Kier alpha value is -0.830. The molecule has 3 nitrogen and oxygen atoms in total. The number of hydrogen-bond donors (Lipinski definition) is 1. The molecule has 0 aliphatic carbocycles. The Kier molecular flexibility index (Phi) is 3.33. The van der Waals surface area contributed by atoms with Gasteiger partial charge in [0.2, 0.25) is 0 Å². The van der Waals surface area contributed by atoms with E-state index in [4.69, 9.17) is 0 Å². The molecule has 1 N–H and O–H groups in total. The molecule has 1 aromatic heterocycles. The molecule has 1 aliphatic heterocycles. The first-order valence-electron chi connectivity index (χ1n) is 6.40. The third-order valence-electron chi connectivity index (χ3n) is 3.68. The minimum atomic E-state index is 0.342. The minimum absolute atomic E-state index is 0.342. The van der Waals surface area contributed by atoms with E-state index in [1.54, 1.807) is 0 Å². The van der Waals surface area contributed by atoms with Crippen molar-refractivity contribution in [1.29, 1.82) is 0 Å². The molecule has 0 saturated carbocycles. The lowest BCUT2D eigenvalue weighted by Crippen LogP contribution is -2.42. The molecule has 2 rings (SSSR count). The highest BCUT2D eigenvalue weighted by molar-refractivity contribution is 5.13. The van der Waals surface area contributed by atoms with Crippen molar-refractivity contribution in [2.24, 2.45) is 7.05 Å². The zero-order chi connectivity index (χ0) is 11.6. The molecule has 0 aromatic carbocycles. The third kappa shape index (κ3) is 2.29. The van der Waals surface area contributed by atoms with Gasteiger partial charge in [-0.15, -0.1) is 0 Å². The van der Waals surface area contributed by atoms with Gasteiger partial charge in [-0.2, -0.15) is 5.10 Å². The molecule has 0 spiro atoms. The second-order valence-corrected chi connectivity index (χ2v) is 5.14. The van der Waals surface area contributed by atoms with Crippen LogP contribution >= 0.6 is 0 Å². The Morgan fingerprint density at radius 2 is 2.38 bits per heavy atom. The van der Waals surface area contributed by atoms with Crippen LogP contribution in [0.25, 0.3) is 0 Å². The van der Waals surface area contributed by atoms with Crippen LogP contribution in [0.3, 0.4) is 0 Å². The molecule has 1 atom stereocenters. The molecule has 1 unspecified atom stereocenters. The van der Waals surface area contributed by atoms with Crippen LogP contribution in [0.4, 0.5) is 0 Å². The summed E-state index contributed by atoms with van der Waals surface area (Å²) in [6.45, 7) is 5.52. The van der Waals surface area contributed by atoms with Crippen molar-refractivity contribution < 1.29 is 0 Å². The number of aryl methyl sites for hydroxylation is 2. The topological polar surface area (TPSA) is 29.9 Å².